The Labute approximate surface area is 137 Å². The van der Waals surface area contributed by atoms with Gasteiger partial charge in [0.05, 0.1) is 6.61 Å². The SMILES string of the molecule is CCOC(=O)N1CCN(C(=NC)NCC2CC2)CC1.I. The lowest BCUT2D eigenvalue weighted by Gasteiger charge is -2.35. The number of hydrogen-bond acceptors (Lipinski definition) is 3. The van der Waals surface area contributed by atoms with Gasteiger partial charge in [-0.25, -0.2) is 4.79 Å². The van der Waals surface area contributed by atoms with Crippen molar-refractivity contribution in [3.05, 3.63) is 0 Å². The molecule has 0 radical (unpaired) electrons. The number of nitrogens with one attached hydrogen (secondary N) is 1. The third-order valence-electron chi connectivity index (χ3n) is 3.56. The summed E-state index contributed by atoms with van der Waals surface area (Å²) in [6.45, 7) is 6.30. The monoisotopic (exact) mass is 396 g/mol. The average molecular weight is 396 g/mol. The van der Waals surface area contributed by atoms with Crippen LogP contribution in [0.15, 0.2) is 4.99 Å². The van der Waals surface area contributed by atoms with Crippen LogP contribution in [0.5, 0.6) is 0 Å². The van der Waals surface area contributed by atoms with Crippen LogP contribution in [0.4, 0.5) is 4.79 Å². The van der Waals surface area contributed by atoms with E-state index in [2.05, 4.69) is 15.2 Å². The van der Waals surface area contributed by atoms with Crippen LogP contribution in [0, 0.1) is 5.92 Å². The number of rotatable bonds is 3. The van der Waals surface area contributed by atoms with Crippen molar-refractivity contribution in [2.45, 2.75) is 19.8 Å². The summed E-state index contributed by atoms with van der Waals surface area (Å²) >= 11 is 0. The first-order valence-corrected chi connectivity index (χ1v) is 7.12. The van der Waals surface area contributed by atoms with Crippen LogP contribution in [-0.4, -0.2) is 68.2 Å². The fourth-order valence-corrected chi connectivity index (χ4v) is 2.21. The molecule has 0 spiro atoms. The summed E-state index contributed by atoms with van der Waals surface area (Å²) < 4.78 is 5.01. The minimum absolute atomic E-state index is 0. The van der Waals surface area contributed by atoms with E-state index in [-0.39, 0.29) is 30.1 Å². The predicted octanol–water partition coefficient (Wildman–Crippen LogP) is 1.36. The van der Waals surface area contributed by atoms with Gasteiger partial charge in [0.15, 0.2) is 5.96 Å². The topological polar surface area (TPSA) is 57.2 Å². The van der Waals surface area contributed by atoms with Gasteiger partial charge in [-0.3, -0.25) is 4.99 Å². The van der Waals surface area contributed by atoms with Gasteiger partial charge in [0.25, 0.3) is 0 Å². The van der Waals surface area contributed by atoms with Crippen LogP contribution >= 0.6 is 24.0 Å². The van der Waals surface area contributed by atoms with Gasteiger partial charge in [0, 0.05) is 39.8 Å². The molecule has 1 aliphatic carbocycles. The molecule has 0 aromatic heterocycles. The third kappa shape index (κ3) is 4.99. The van der Waals surface area contributed by atoms with Crippen molar-refractivity contribution in [1.29, 1.82) is 0 Å². The first-order valence-electron chi connectivity index (χ1n) is 7.12. The number of aliphatic imine (C=N–C) groups is 1. The van der Waals surface area contributed by atoms with E-state index in [0.29, 0.717) is 19.7 Å². The number of piperazine rings is 1. The van der Waals surface area contributed by atoms with Crippen LogP contribution < -0.4 is 5.32 Å². The average Bonchev–Trinajstić information content (AvgIpc) is 3.24. The lowest BCUT2D eigenvalue weighted by Crippen LogP contribution is -2.54. The van der Waals surface area contributed by atoms with Crippen molar-refractivity contribution in [3.8, 4) is 0 Å². The van der Waals surface area contributed by atoms with Crippen molar-refractivity contribution < 1.29 is 9.53 Å². The fraction of sp³-hybridized carbons (Fsp3) is 0.846. The molecule has 1 saturated carbocycles. The zero-order chi connectivity index (χ0) is 13.7. The van der Waals surface area contributed by atoms with Gasteiger partial charge in [-0.15, -0.1) is 24.0 Å². The van der Waals surface area contributed by atoms with E-state index < -0.39 is 0 Å². The Bertz CT molecular complexity index is 339. The summed E-state index contributed by atoms with van der Waals surface area (Å²) in [6.07, 6.45) is 2.46. The van der Waals surface area contributed by atoms with Crippen LogP contribution in [0.25, 0.3) is 0 Å². The minimum Gasteiger partial charge on any atom is -0.450 e. The summed E-state index contributed by atoms with van der Waals surface area (Å²) in [5.41, 5.74) is 0. The van der Waals surface area contributed by atoms with Gasteiger partial charge < -0.3 is 19.9 Å². The van der Waals surface area contributed by atoms with E-state index >= 15 is 0 Å². The lowest BCUT2D eigenvalue weighted by molar-refractivity contribution is 0.0914. The second-order valence-electron chi connectivity index (χ2n) is 5.04. The summed E-state index contributed by atoms with van der Waals surface area (Å²) in [5, 5.41) is 3.41. The highest BCUT2D eigenvalue weighted by molar-refractivity contribution is 14.0. The van der Waals surface area contributed by atoms with Crippen LogP contribution in [-0.2, 0) is 4.74 Å². The van der Waals surface area contributed by atoms with Crippen molar-refractivity contribution in [2.24, 2.45) is 10.9 Å². The molecule has 1 aliphatic heterocycles. The molecule has 6 nitrogen and oxygen atoms in total. The Balaban J connectivity index is 0.00000200. The van der Waals surface area contributed by atoms with Gasteiger partial charge in [-0.05, 0) is 25.7 Å². The predicted molar refractivity (Wildman–Crippen MR) is 89.7 cm³/mol. The molecule has 2 aliphatic rings. The molecule has 1 saturated heterocycles. The highest BCUT2D eigenvalue weighted by Gasteiger charge is 2.25. The Kier molecular flexibility index (Phi) is 7.39. The van der Waals surface area contributed by atoms with Gasteiger partial charge in [0.2, 0.25) is 0 Å². The summed E-state index contributed by atoms with van der Waals surface area (Å²) in [7, 11) is 1.81. The maximum absolute atomic E-state index is 11.6. The van der Waals surface area contributed by atoms with E-state index in [4.69, 9.17) is 4.74 Å². The fourth-order valence-electron chi connectivity index (χ4n) is 2.21. The first-order chi connectivity index (χ1) is 9.24. The number of carbonyl (C=O) groups excluding carboxylic acids is 1. The van der Waals surface area contributed by atoms with Gasteiger partial charge in [-0.2, -0.15) is 0 Å². The largest absolute Gasteiger partial charge is 0.450 e. The molecule has 0 unspecified atom stereocenters. The molecule has 116 valence electrons. The number of amides is 1. The molecule has 0 atom stereocenters. The van der Waals surface area contributed by atoms with Gasteiger partial charge in [0.1, 0.15) is 0 Å². The van der Waals surface area contributed by atoms with Crippen molar-refractivity contribution in [3.63, 3.8) is 0 Å². The molecule has 7 heteroatoms. The standard InChI is InChI=1S/C13H24N4O2.HI/c1-3-19-13(18)17-8-6-16(7-9-17)12(14-2)15-10-11-4-5-11;/h11H,3-10H2,1-2H3,(H,14,15);1H. The van der Waals surface area contributed by atoms with E-state index in [1.165, 1.54) is 12.8 Å². The van der Waals surface area contributed by atoms with Crippen molar-refractivity contribution >= 4 is 36.0 Å². The molecule has 1 N–H and O–H groups in total. The van der Waals surface area contributed by atoms with Crippen molar-refractivity contribution in [1.82, 2.24) is 15.1 Å². The Morgan fingerprint density at radius 3 is 2.35 bits per heavy atom. The number of guanidine groups is 1. The highest BCUT2D eigenvalue weighted by Crippen LogP contribution is 2.27. The second kappa shape index (κ2) is 8.53. The molecule has 0 aromatic carbocycles. The van der Waals surface area contributed by atoms with E-state index in [0.717, 1.165) is 31.5 Å². The van der Waals surface area contributed by atoms with Crippen LogP contribution in [0.2, 0.25) is 0 Å². The highest BCUT2D eigenvalue weighted by atomic mass is 127. The molecule has 2 rings (SSSR count). The first kappa shape index (κ1) is 17.3. The minimum atomic E-state index is -0.205. The normalized spacial score (nSPS) is 19.4. The summed E-state index contributed by atoms with van der Waals surface area (Å²) in [4.78, 5) is 19.9. The maximum Gasteiger partial charge on any atom is 0.409 e. The molecule has 20 heavy (non-hydrogen) atoms. The molecule has 1 heterocycles. The maximum atomic E-state index is 11.6. The summed E-state index contributed by atoms with van der Waals surface area (Å²) in [5.74, 6) is 1.79. The number of ether oxygens (including phenoxy) is 1. The van der Waals surface area contributed by atoms with E-state index in [1.54, 1.807) is 4.90 Å². The molecular formula is C13H25IN4O2. The van der Waals surface area contributed by atoms with Crippen LogP contribution in [0.3, 0.4) is 0 Å². The number of halogens is 1. The number of carbonyl (C=O) groups is 1. The number of hydrogen-bond donors (Lipinski definition) is 1. The molecular weight excluding hydrogens is 371 g/mol. The van der Waals surface area contributed by atoms with Gasteiger partial charge in [-0.1, -0.05) is 0 Å². The van der Waals surface area contributed by atoms with Gasteiger partial charge >= 0.3 is 6.09 Å². The second-order valence-corrected chi connectivity index (χ2v) is 5.04. The molecule has 2 fully saturated rings. The zero-order valence-corrected chi connectivity index (χ0v) is 14.6. The Morgan fingerprint density at radius 2 is 1.85 bits per heavy atom. The van der Waals surface area contributed by atoms with Crippen molar-refractivity contribution in [2.75, 3.05) is 46.4 Å². The van der Waals surface area contributed by atoms with Crippen LogP contribution in [0.1, 0.15) is 19.8 Å². The quantitative estimate of drug-likeness (QED) is 0.445. The molecule has 1 amide bonds. The third-order valence-corrected chi connectivity index (χ3v) is 3.56. The lowest BCUT2D eigenvalue weighted by atomic mass is 10.3. The number of nitrogens with zero attached hydrogens (tertiary/aromatic N) is 3. The Morgan fingerprint density at radius 1 is 1.25 bits per heavy atom. The Hall–Kier alpha value is -0.730. The molecule has 0 aromatic rings. The zero-order valence-electron chi connectivity index (χ0n) is 12.3. The van der Waals surface area contributed by atoms with E-state index in [1.807, 2.05) is 14.0 Å². The molecule has 0 bridgehead atoms. The summed E-state index contributed by atoms with van der Waals surface area (Å²) in [6, 6.07) is 0. The smallest absolute Gasteiger partial charge is 0.409 e. The van der Waals surface area contributed by atoms with E-state index in [9.17, 15) is 4.79 Å².